The average Bonchev–Trinajstić information content (AvgIpc) is 2.92. The molecule has 1 spiro atoms. The molecule has 0 amide bonds. The SMILES string of the molecule is C1=Nc2ccccc2C12Cc1ccccc1C2. The van der Waals surface area contributed by atoms with Crippen LogP contribution in [0.4, 0.5) is 5.69 Å². The number of aliphatic imine (C=N–C) groups is 1. The zero-order chi connectivity index (χ0) is 11.3. The maximum absolute atomic E-state index is 4.59. The van der Waals surface area contributed by atoms with Crippen LogP contribution in [0.25, 0.3) is 0 Å². The summed E-state index contributed by atoms with van der Waals surface area (Å²) >= 11 is 0. The van der Waals surface area contributed by atoms with Gasteiger partial charge in [0.1, 0.15) is 0 Å². The first kappa shape index (κ1) is 9.17. The summed E-state index contributed by atoms with van der Waals surface area (Å²) in [6.45, 7) is 0. The molecule has 17 heavy (non-hydrogen) atoms. The Labute approximate surface area is 101 Å². The molecule has 2 aliphatic rings. The Morgan fingerprint density at radius 3 is 2.24 bits per heavy atom. The standard InChI is InChI=1S/C16H13N/c1-2-6-13-10-16(9-12(13)5-1)11-17-15-8-4-3-7-14(15)16/h1-8,11H,9-10H2. The Kier molecular flexibility index (Phi) is 1.66. The van der Waals surface area contributed by atoms with Crippen molar-refractivity contribution >= 4 is 11.9 Å². The van der Waals surface area contributed by atoms with Gasteiger partial charge in [-0.05, 0) is 35.6 Å². The minimum absolute atomic E-state index is 0.139. The second-order valence-electron chi connectivity index (χ2n) is 5.05. The molecule has 1 aliphatic carbocycles. The summed E-state index contributed by atoms with van der Waals surface area (Å²) in [6, 6.07) is 17.3. The predicted molar refractivity (Wildman–Crippen MR) is 70.1 cm³/mol. The van der Waals surface area contributed by atoms with E-state index in [0.717, 1.165) is 18.5 Å². The number of fused-ring (bicyclic) bond motifs is 3. The predicted octanol–water partition coefficient (Wildman–Crippen LogP) is 3.44. The number of rotatable bonds is 0. The molecule has 4 rings (SSSR count). The summed E-state index contributed by atoms with van der Waals surface area (Å²) in [5, 5.41) is 0. The molecule has 0 bridgehead atoms. The molecule has 0 atom stereocenters. The lowest BCUT2D eigenvalue weighted by atomic mass is 9.80. The van der Waals surface area contributed by atoms with Gasteiger partial charge in [0.2, 0.25) is 0 Å². The second-order valence-corrected chi connectivity index (χ2v) is 5.05. The van der Waals surface area contributed by atoms with Crippen LogP contribution in [0.5, 0.6) is 0 Å². The average molecular weight is 219 g/mol. The molecule has 0 radical (unpaired) electrons. The number of nitrogens with zero attached hydrogens (tertiary/aromatic N) is 1. The van der Waals surface area contributed by atoms with Gasteiger partial charge in [-0.25, -0.2) is 0 Å². The van der Waals surface area contributed by atoms with Crippen LogP contribution in [-0.2, 0) is 18.3 Å². The highest BCUT2D eigenvalue weighted by Crippen LogP contribution is 2.45. The van der Waals surface area contributed by atoms with E-state index in [1.54, 1.807) is 0 Å². The van der Waals surface area contributed by atoms with Gasteiger partial charge in [0, 0.05) is 11.6 Å². The first-order chi connectivity index (χ1) is 8.37. The molecule has 2 aromatic carbocycles. The third kappa shape index (κ3) is 1.17. The molecular weight excluding hydrogens is 206 g/mol. The minimum Gasteiger partial charge on any atom is -0.260 e. The lowest BCUT2D eigenvalue weighted by Crippen LogP contribution is -2.25. The number of hydrogen-bond acceptors (Lipinski definition) is 1. The van der Waals surface area contributed by atoms with Crippen molar-refractivity contribution in [2.45, 2.75) is 18.3 Å². The van der Waals surface area contributed by atoms with Crippen molar-refractivity contribution in [3.05, 3.63) is 65.2 Å². The van der Waals surface area contributed by atoms with Gasteiger partial charge in [0.05, 0.1) is 5.69 Å². The lowest BCUT2D eigenvalue weighted by Gasteiger charge is -2.20. The summed E-state index contributed by atoms with van der Waals surface area (Å²) in [5.41, 5.74) is 5.66. The monoisotopic (exact) mass is 219 g/mol. The summed E-state index contributed by atoms with van der Waals surface area (Å²) in [6.07, 6.45) is 4.37. The van der Waals surface area contributed by atoms with Crippen LogP contribution in [0.1, 0.15) is 16.7 Å². The van der Waals surface area contributed by atoms with Crippen LogP contribution in [0.3, 0.4) is 0 Å². The van der Waals surface area contributed by atoms with Crippen LogP contribution in [0.15, 0.2) is 53.5 Å². The molecule has 1 heterocycles. The van der Waals surface area contributed by atoms with E-state index in [1.807, 2.05) is 0 Å². The minimum atomic E-state index is 0.139. The molecular formula is C16H13N. The zero-order valence-corrected chi connectivity index (χ0v) is 9.56. The molecule has 1 heteroatoms. The van der Waals surface area contributed by atoms with Crippen LogP contribution >= 0.6 is 0 Å². The van der Waals surface area contributed by atoms with E-state index in [9.17, 15) is 0 Å². The molecule has 0 saturated heterocycles. The van der Waals surface area contributed by atoms with E-state index >= 15 is 0 Å². The van der Waals surface area contributed by atoms with Gasteiger partial charge in [0.15, 0.2) is 0 Å². The Bertz CT molecular complexity index is 600. The van der Waals surface area contributed by atoms with Gasteiger partial charge in [-0.3, -0.25) is 4.99 Å². The third-order valence-electron chi connectivity index (χ3n) is 4.02. The molecule has 0 N–H and O–H groups in total. The fraction of sp³-hybridized carbons (Fsp3) is 0.188. The Morgan fingerprint density at radius 1 is 0.824 bits per heavy atom. The highest BCUT2D eigenvalue weighted by Gasteiger charge is 2.41. The van der Waals surface area contributed by atoms with Crippen LogP contribution in [-0.4, -0.2) is 6.21 Å². The number of para-hydroxylation sites is 1. The van der Waals surface area contributed by atoms with E-state index in [-0.39, 0.29) is 5.41 Å². The molecule has 82 valence electrons. The molecule has 1 nitrogen and oxygen atoms in total. The highest BCUT2D eigenvalue weighted by molar-refractivity contribution is 5.87. The maximum Gasteiger partial charge on any atom is 0.0667 e. The number of benzene rings is 2. The smallest absolute Gasteiger partial charge is 0.0667 e. The fourth-order valence-electron chi connectivity index (χ4n) is 3.20. The van der Waals surface area contributed by atoms with E-state index < -0.39 is 0 Å². The van der Waals surface area contributed by atoms with Crippen molar-refractivity contribution in [2.75, 3.05) is 0 Å². The normalized spacial score (nSPS) is 18.4. The Morgan fingerprint density at radius 2 is 1.47 bits per heavy atom. The van der Waals surface area contributed by atoms with Gasteiger partial charge >= 0.3 is 0 Å². The molecule has 0 unspecified atom stereocenters. The van der Waals surface area contributed by atoms with E-state index in [2.05, 4.69) is 59.7 Å². The lowest BCUT2D eigenvalue weighted by molar-refractivity contribution is 0.641. The van der Waals surface area contributed by atoms with Crippen molar-refractivity contribution < 1.29 is 0 Å². The first-order valence-electron chi connectivity index (χ1n) is 6.09. The van der Waals surface area contributed by atoms with Crippen molar-refractivity contribution in [3.63, 3.8) is 0 Å². The summed E-state index contributed by atoms with van der Waals surface area (Å²) in [7, 11) is 0. The van der Waals surface area contributed by atoms with Gasteiger partial charge in [-0.2, -0.15) is 0 Å². The Hall–Kier alpha value is -1.89. The fourth-order valence-corrected chi connectivity index (χ4v) is 3.20. The zero-order valence-electron chi connectivity index (χ0n) is 9.56. The van der Waals surface area contributed by atoms with Gasteiger partial charge in [-0.1, -0.05) is 42.5 Å². The first-order valence-corrected chi connectivity index (χ1v) is 6.09. The van der Waals surface area contributed by atoms with Crippen LogP contribution in [0.2, 0.25) is 0 Å². The van der Waals surface area contributed by atoms with Crippen molar-refractivity contribution in [1.29, 1.82) is 0 Å². The van der Waals surface area contributed by atoms with E-state index in [1.165, 1.54) is 16.7 Å². The second kappa shape index (κ2) is 3.07. The number of hydrogen-bond donors (Lipinski definition) is 0. The van der Waals surface area contributed by atoms with Crippen molar-refractivity contribution in [2.24, 2.45) is 4.99 Å². The van der Waals surface area contributed by atoms with Crippen LogP contribution in [0, 0.1) is 0 Å². The topological polar surface area (TPSA) is 12.4 Å². The van der Waals surface area contributed by atoms with Gasteiger partial charge < -0.3 is 0 Å². The largest absolute Gasteiger partial charge is 0.260 e. The van der Waals surface area contributed by atoms with Crippen LogP contribution < -0.4 is 0 Å². The van der Waals surface area contributed by atoms with Gasteiger partial charge in [0.25, 0.3) is 0 Å². The van der Waals surface area contributed by atoms with E-state index in [4.69, 9.17) is 0 Å². The summed E-state index contributed by atoms with van der Waals surface area (Å²) in [5.74, 6) is 0. The molecule has 0 aromatic heterocycles. The maximum atomic E-state index is 4.59. The molecule has 0 saturated carbocycles. The summed E-state index contributed by atoms with van der Waals surface area (Å²) in [4.78, 5) is 4.59. The summed E-state index contributed by atoms with van der Waals surface area (Å²) < 4.78 is 0. The third-order valence-corrected chi connectivity index (χ3v) is 4.02. The highest BCUT2D eigenvalue weighted by atomic mass is 14.8. The van der Waals surface area contributed by atoms with Crippen molar-refractivity contribution in [1.82, 2.24) is 0 Å². The molecule has 1 aliphatic heterocycles. The van der Waals surface area contributed by atoms with E-state index in [0.29, 0.717) is 0 Å². The van der Waals surface area contributed by atoms with Gasteiger partial charge in [-0.15, -0.1) is 0 Å². The molecule has 0 fully saturated rings. The van der Waals surface area contributed by atoms with Crippen molar-refractivity contribution in [3.8, 4) is 0 Å². The Balaban J connectivity index is 1.87. The molecule has 2 aromatic rings. The quantitative estimate of drug-likeness (QED) is 0.643.